The Balaban J connectivity index is 1.97. The van der Waals surface area contributed by atoms with Crippen molar-refractivity contribution < 1.29 is 9.53 Å². The summed E-state index contributed by atoms with van der Waals surface area (Å²) in [6.07, 6.45) is 0.332. The number of rotatable bonds is 5. The van der Waals surface area contributed by atoms with Crippen LogP contribution in [0.3, 0.4) is 0 Å². The largest absolute Gasteiger partial charge is 0.466 e. The van der Waals surface area contributed by atoms with Crippen LogP contribution in [0.15, 0.2) is 30.3 Å². The van der Waals surface area contributed by atoms with Crippen LogP contribution >= 0.6 is 0 Å². The van der Waals surface area contributed by atoms with Crippen LogP contribution in [0.4, 0.5) is 0 Å². The monoisotopic (exact) mass is 272 g/mol. The van der Waals surface area contributed by atoms with Gasteiger partial charge in [-0.05, 0) is 19.4 Å². The Hall–Kier alpha value is -1.86. The fraction of sp³-hybridized carbons (Fsp3) is 0.500. The average Bonchev–Trinajstić information content (AvgIpc) is 2.47. The number of ether oxygens (including phenoxy) is 1. The molecule has 1 aromatic rings. The van der Waals surface area contributed by atoms with Gasteiger partial charge in [-0.15, -0.1) is 0 Å². The van der Waals surface area contributed by atoms with Gasteiger partial charge in [-0.1, -0.05) is 30.3 Å². The molecule has 1 saturated heterocycles. The van der Waals surface area contributed by atoms with E-state index in [1.165, 1.54) is 5.56 Å². The minimum Gasteiger partial charge on any atom is -0.466 e. The van der Waals surface area contributed by atoms with Gasteiger partial charge in [0.2, 0.25) is 0 Å². The highest BCUT2D eigenvalue weighted by atomic mass is 16.5. The first-order chi connectivity index (χ1) is 9.67. The third-order valence-corrected chi connectivity index (χ3v) is 3.95. The van der Waals surface area contributed by atoms with Crippen molar-refractivity contribution >= 4 is 5.97 Å². The zero-order valence-electron chi connectivity index (χ0n) is 12.0. The standard InChI is InChI=1S/C16H20N2O2/c1-3-20-16(19)9-14-12(2)18(15(14)10-17)11-13-7-5-4-6-8-13/h4-8,12,14-15H,3,9,11H2,1-2H3/t12-,14-,15-/m0/s1. The summed E-state index contributed by atoms with van der Waals surface area (Å²) in [7, 11) is 0. The molecular formula is C16H20N2O2. The molecule has 0 bridgehead atoms. The minimum atomic E-state index is -0.205. The summed E-state index contributed by atoms with van der Waals surface area (Å²) in [5.74, 6) is -0.133. The van der Waals surface area contributed by atoms with Gasteiger partial charge in [-0.3, -0.25) is 9.69 Å². The fourth-order valence-electron chi connectivity index (χ4n) is 2.81. The van der Waals surface area contributed by atoms with Crippen molar-refractivity contribution in [3.05, 3.63) is 35.9 Å². The van der Waals surface area contributed by atoms with E-state index in [1.54, 1.807) is 6.92 Å². The summed E-state index contributed by atoms with van der Waals surface area (Å²) >= 11 is 0. The number of nitrogens with zero attached hydrogens (tertiary/aromatic N) is 2. The van der Waals surface area contributed by atoms with Crippen LogP contribution < -0.4 is 0 Å². The van der Waals surface area contributed by atoms with Crippen molar-refractivity contribution in [1.29, 1.82) is 5.26 Å². The number of carbonyl (C=O) groups excluding carboxylic acids is 1. The zero-order valence-corrected chi connectivity index (χ0v) is 12.0. The van der Waals surface area contributed by atoms with Gasteiger partial charge >= 0.3 is 5.97 Å². The maximum absolute atomic E-state index is 11.6. The van der Waals surface area contributed by atoms with E-state index >= 15 is 0 Å². The van der Waals surface area contributed by atoms with Gasteiger partial charge in [-0.2, -0.15) is 5.26 Å². The number of esters is 1. The summed E-state index contributed by atoms with van der Waals surface area (Å²) in [4.78, 5) is 13.7. The second kappa shape index (κ2) is 6.53. The molecule has 0 aliphatic carbocycles. The van der Waals surface area contributed by atoms with Gasteiger partial charge in [0.05, 0.1) is 19.1 Å². The van der Waals surface area contributed by atoms with Crippen LogP contribution in [-0.2, 0) is 16.1 Å². The molecule has 0 radical (unpaired) electrons. The van der Waals surface area contributed by atoms with Crippen LogP contribution in [0, 0.1) is 17.2 Å². The normalized spacial score (nSPS) is 25.6. The van der Waals surface area contributed by atoms with Crippen molar-refractivity contribution in [2.24, 2.45) is 5.92 Å². The number of hydrogen-bond donors (Lipinski definition) is 0. The summed E-state index contributed by atoms with van der Waals surface area (Å²) in [5, 5.41) is 9.32. The van der Waals surface area contributed by atoms with Crippen LogP contribution in [0.2, 0.25) is 0 Å². The van der Waals surface area contributed by atoms with E-state index in [0.717, 1.165) is 6.54 Å². The first-order valence-electron chi connectivity index (χ1n) is 7.02. The van der Waals surface area contributed by atoms with E-state index in [4.69, 9.17) is 4.74 Å². The minimum absolute atomic E-state index is 0.0720. The summed E-state index contributed by atoms with van der Waals surface area (Å²) in [5.41, 5.74) is 1.19. The summed E-state index contributed by atoms with van der Waals surface area (Å²) in [6.45, 7) is 5.01. The fourth-order valence-corrected chi connectivity index (χ4v) is 2.81. The number of carbonyl (C=O) groups is 1. The van der Waals surface area contributed by atoms with Crippen LogP contribution in [0.5, 0.6) is 0 Å². The molecule has 3 atom stereocenters. The lowest BCUT2D eigenvalue weighted by Crippen LogP contribution is -2.61. The Labute approximate surface area is 120 Å². The number of likely N-dealkylation sites (tertiary alicyclic amines) is 1. The van der Waals surface area contributed by atoms with Crippen molar-refractivity contribution in [2.45, 2.75) is 38.9 Å². The van der Waals surface area contributed by atoms with Crippen molar-refractivity contribution in [3.63, 3.8) is 0 Å². The van der Waals surface area contributed by atoms with Crippen molar-refractivity contribution in [1.82, 2.24) is 4.90 Å². The molecule has 0 N–H and O–H groups in total. The number of hydrogen-bond acceptors (Lipinski definition) is 4. The second-order valence-corrected chi connectivity index (χ2v) is 5.15. The van der Waals surface area contributed by atoms with Gasteiger partial charge in [0.1, 0.15) is 6.04 Å². The van der Waals surface area contributed by atoms with Crippen molar-refractivity contribution in [3.8, 4) is 6.07 Å². The van der Waals surface area contributed by atoms with Gasteiger partial charge in [0.15, 0.2) is 0 Å². The quantitative estimate of drug-likeness (QED) is 0.772. The van der Waals surface area contributed by atoms with Crippen LogP contribution in [0.1, 0.15) is 25.8 Å². The molecule has 1 fully saturated rings. The van der Waals surface area contributed by atoms with Gasteiger partial charge in [-0.25, -0.2) is 0 Å². The smallest absolute Gasteiger partial charge is 0.306 e. The molecule has 1 aromatic carbocycles. The summed E-state index contributed by atoms with van der Waals surface area (Å²) < 4.78 is 4.98. The Morgan fingerprint density at radius 1 is 1.40 bits per heavy atom. The Kier molecular flexibility index (Phi) is 4.75. The van der Waals surface area contributed by atoms with E-state index in [-0.39, 0.29) is 24.0 Å². The van der Waals surface area contributed by atoms with E-state index in [1.807, 2.05) is 18.2 Å². The maximum atomic E-state index is 11.6. The molecule has 1 aliphatic heterocycles. The maximum Gasteiger partial charge on any atom is 0.306 e. The van der Waals surface area contributed by atoms with E-state index in [9.17, 15) is 10.1 Å². The van der Waals surface area contributed by atoms with Crippen LogP contribution in [0.25, 0.3) is 0 Å². The van der Waals surface area contributed by atoms with E-state index in [2.05, 4.69) is 30.0 Å². The predicted molar refractivity (Wildman–Crippen MR) is 75.6 cm³/mol. The Morgan fingerprint density at radius 3 is 2.70 bits per heavy atom. The zero-order chi connectivity index (χ0) is 14.5. The molecule has 4 heteroatoms. The molecular weight excluding hydrogens is 252 g/mol. The molecule has 20 heavy (non-hydrogen) atoms. The van der Waals surface area contributed by atoms with Gasteiger partial charge in [0, 0.05) is 18.5 Å². The van der Waals surface area contributed by atoms with E-state index < -0.39 is 0 Å². The lowest BCUT2D eigenvalue weighted by atomic mass is 9.78. The molecule has 1 heterocycles. The van der Waals surface area contributed by atoms with E-state index in [0.29, 0.717) is 13.0 Å². The van der Waals surface area contributed by atoms with Crippen LogP contribution in [-0.4, -0.2) is 29.6 Å². The molecule has 0 saturated carbocycles. The highest BCUT2D eigenvalue weighted by Crippen LogP contribution is 2.36. The molecule has 4 nitrogen and oxygen atoms in total. The Bertz CT molecular complexity index is 495. The lowest BCUT2D eigenvalue weighted by Gasteiger charge is -2.50. The number of benzene rings is 1. The topological polar surface area (TPSA) is 53.3 Å². The first-order valence-corrected chi connectivity index (χ1v) is 7.02. The van der Waals surface area contributed by atoms with Gasteiger partial charge < -0.3 is 4.74 Å². The third kappa shape index (κ3) is 3.00. The molecule has 0 aromatic heterocycles. The number of nitriles is 1. The lowest BCUT2D eigenvalue weighted by molar-refractivity contribution is -0.148. The second-order valence-electron chi connectivity index (χ2n) is 5.15. The third-order valence-electron chi connectivity index (χ3n) is 3.95. The summed E-state index contributed by atoms with van der Waals surface area (Å²) in [6, 6.07) is 12.4. The molecule has 106 valence electrons. The highest BCUT2D eigenvalue weighted by Gasteiger charge is 2.46. The Morgan fingerprint density at radius 2 is 2.10 bits per heavy atom. The molecule has 0 amide bonds. The molecule has 0 unspecified atom stereocenters. The highest BCUT2D eigenvalue weighted by molar-refractivity contribution is 5.70. The van der Waals surface area contributed by atoms with Gasteiger partial charge in [0.25, 0.3) is 0 Å². The predicted octanol–water partition coefficient (Wildman–Crippen LogP) is 2.35. The molecule has 0 spiro atoms. The molecule has 2 rings (SSSR count). The van der Waals surface area contributed by atoms with Crippen molar-refractivity contribution in [2.75, 3.05) is 6.61 Å². The first kappa shape index (κ1) is 14.5. The molecule has 1 aliphatic rings. The average molecular weight is 272 g/mol. The SMILES string of the molecule is CCOC(=O)C[C@H]1[C@H](C)N(Cc2ccccc2)[C@H]1C#N.